The van der Waals surface area contributed by atoms with Crippen molar-refractivity contribution in [1.29, 1.82) is 5.26 Å². The number of aldehydes is 1. The molecule has 0 radical (unpaired) electrons. The van der Waals surface area contributed by atoms with Crippen molar-refractivity contribution in [1.82, 2.24) is 36.4 Å². The average Bonchev–Trinajstić information content (AvgIpc) is 3.83. The van der Waals surface area contributed by atoms with E-state index in [1.165, 1.54) is 9.80 Å². The molecule has 0 bridgehead atoms. The SMILES string of the molecule is CCC(NC(=O)C(CCCNC(=O)C1CCCN1C(=O)C(CCC#N)NC(=O)C(CCc1ccc(O)cc1)NC)NC)C(=O)N1CCCC1C=O. The molecular weight excluding hydrogens is 656 g/mol. The summed E-state index contributed by atoms with van der Waals surface area (Å²) in [5.41, 5.74) is 0.942. The third-order valence-corrected chi connectivity index (χ3v) is 9.72. The van der Waals surface area contributed by atoms with Crippen molar-refractivity contribution < 1.29 is 33.9 Å². The Morgan fingerprint density at radius 1 is 0.882 bits per heavy atom. The number of amides is 5. The van der Waals surface area contributed by atoms with E-state index in [4.69, 9.17) is 0 Å². The van der Waals surface area contributed by atoms with Gasteiger partial charge in [0.25, 0.3) is 0 Å². The molecule has 3 rings (SSSR count). The summed E-state index contributed by atoms with van der Waals surface area (Å²) in [4.78, 5) is 80.7. The van der Waals surface area contributed by atoms with Crippen molar-refractivity contribution in [2.75, 3.05) is 33.7 Å². The number of carbonyl (C=O) groups is 6. The predicted octanol–water partition coefficient (Wildman–Crippen LogP) is 0.261. The maximum atomic E-state index is 13.7. The molecule has 2 aliphatic rings. The first-order valence-corrected chi connectivity index (χ1v) is 18.0. The fraction of sp³-hybridized carbons (Fsp3) is 0.639. The van der Waals surface area contributed by atoms with Crippen molar-refractivity contribution in [3.8, 4) is 11.8 Å². The zero-order chi connectivity index (χ0) is 37.3. The molecule has 0 aliphatic carbocycles. The molecule has 6 N–H and O–H groups in total. The number of aromatic hydroxyl groups is 1. The van der Waals surface area contributed by atoms with Crippen LogP contribution in [0.3, 0.4) is 0 Å². The van der Waals surface area contributed by atoms with Crippen molar-refractivity contribution in [2.24, 2.45) is 0 Å². The largest absolute Gasteiger partial charge is 0.508 e. The summed E-state index contributed by atoms with van der Waals surface area (Å²) in [7, 11) is 3.30. The quantitative estimate of drug-likeness (QED) is 0.0803. The van der Waals surface area contributed by atoms with Gasteiger partial charge in [0.1, 0.15) is 30.2 Å². The molecule has 15 heteroatoms. The van der Waals surface area contributed by atoms with Crippen LogP contribution in [0.15, 0.2) is 24.3 Å². The van der Waals surface area contributed by atoms with Gasteiger partial charge in [-0.2, -0.15) is 5.26 Å². The lowest BCUT2D eigenvalue weighted by Gasteiger charge is -2.29. The average molecular weight is 711 g/mol. The van der Waals surface area contributed by atoms with Crippen LogP contribution in [0, 0.1) is 11.3 Å². The van der Waals surface area contributed by atoms with Crippen molar-refractivity contribution in [3.63, 3.8) is 0 Å². The lowest BCUT2D eigenvalue weighted by atomic mass is 10.0. The molecule has 2 heterocycles. The van der Waals surface area contributed by atoms with Gasteiger partial charge in [0.2, 0.25) is 29.5 Å². The Kier molecular flexibility index (Phi) is 16.8. The van der Waals surface area contributed by atoms with E-state index >= 15 is 0 Å². The zero-order valence-electron chi connectivity index (χ0n) is 30.0. The Hall–Kier alpha value is -4.55. The van der Waals surface area contributed by atoms with Crippen LogP contribution in [0.2, 0.25) is 0 Å². The summed E-state index contributed by atoms with van der Waals surface area (Å²) in [6.45, 7) is 2.89. The number of nitrogens with one attached hydrogen (secondary N) is 5. The monoisotopic (exact) mass is 710 g/mol. The number of likely N-dealkylation sites (N-methyl/N-ethyl adjacent to an activating group) is 2. The second kappa shape index (κ2) is 21.0. The van der Waals surface area contributed by atoms with Crippen LogP contribution in [0.5, 0.6) is 5.75 Å². The van der Waals surface area contributed by atoms with E-state index in [9.17, 15) is 39.1 Å². The van der Waals surface area contributed by atoms with Crippen LogP contribution in [0.4, 0.5) is 0 Å². The molecule has 5 amide bonds. The standard InChI is InChI=1S/C36H54N8O7/c1-4-27(35(50)43-21-7-9-25(43)23-45)41-32(47)28(38-2)11-6-20-40-34(49)31-12-8-22-44(31)36(51)30(10-5-19-37)42-33(48)29(39-3)18-15-24-13-16-26(46)17-14-24/h13-14,16-17,23,25,27-31,38-39,46H,4-12,15,18,20-22H2,1-3H3,(H,40,49)(H,41,47)(H,42,48). The fourth-order valence-electron chi connectivity index (χ4n) is 6.68. The van der Waals surface area contributed by atoms with Crippen molar-refractivity contribution in [2.45, 2.75) is 114 Å². The molecule has 15 nitrogen and oxygen atoms in total. The highest BCUT2D eigenvalue weighted by atomic mass is 16.3. The number of likely N-dealkylation sites (tertiary alicyclic amines) is 2. The lowest BCUT2D eigenvalue weighted by Crippen LogP contribution is -2.56. The molecule has 6 atom stereocenters. The number of carbonyl (C=O) groups excluding carboxylic acids is 6. The van der Waals surface area contributed by atoms with E-state index in [2.05, 4.69) is 26.6 Å². The van der Waals surface area contributed by atoms with E-state index in [1.54, 1.807) is 45.3 Å². The van der Waals surface area contributed by atoms with E-state index < -0.39 is 42.2 Å². The number of hydrogen-bond donors (Lipinski definition) is 6. The molecule has 0 spiro atoms. The third kappa shape index (κ3) is 11.8. The maximum Gasteiger partial charge on any atom is 0.245 e. The van der Waals surface area contributed by atoms with Gasteiger partial charge in [-0.3, -0.25) is 24.0 Å². The summed E-state index contributed by atoms with van der Waals surface area (Å²) in [5.74, 6) is -1.58. The number of benzene rings is 1. The van der Waals surface area contributed by atoms with Crippen LogP contribution in [-0.2, 0) is 35.2 Å². The summed E-state index contributed by atoms with van der Waals surface area (Å²) < 4.78 is 0. The minimum absolute atomic E-state index is 0.0456. The Morgan fingerprint density at radius 2 is 1.49 bits per heavy atom. The molecule has 2 fully saturated rings. The van der Waals surface area contributed by atoms with E-state index in [-0.39, 0.29) is 48.8 Å². The highest BCUT2D eigenvalue weighted by Crippen LogP contribution is 2.21. The van der Waals surface area contributed by atoms with Gasteiger partial charge in [0.15, 0.2) is 0 Å². The number of aryl methyl sites for hydroxylation is 1. The van der Waals surface area contributed by atoms with Gasteiger partial charge in [-0.1, -0.05) is 19.1 Å². The third-order valence-electron chi connectivity index (χ3n) is 9.72. The van der Waals surface area contributed by atoms with Gasteiger partial charge in [-0.25, -0.2) is 0 Å². The Labute approximate surface area is 300 Å². The van der Waals surface area contributed by atoms with Crippen LogP contribution in [0.1, 0.15) is 76.7 Å². The number of nitrogens with zero attached hydrogens (tertiary/aromatic N) is 3. The van der Waals surface area contributed by atoms with Gasteiger partial charge < -0.3 is 46.3 Å². The molecule has 6 unspecified atom stereocenters. The van der Waals surface area contributed by atoms with Gasteiger partial charge in [-0.15, -0.1) is 0 Å². The van der Waals surface area contributed by atoms with Gasteiger partial charge in [0.05, 0.1) is 24.2 Å². The van der Waals surface area contributed by atoms with E-state index in [0.717, 1.165) is 18.3 Å². The minimum Gasteiger partial charge on any atom is -0.508 e. The fourth-order valence-corrected chi connectivity index (χ4v) is 6.68. The molecule has 2 aliphatic heterocycles. The smallest absolute Gasteiger partial charge is 0.245 e. The summed E-state index contributed by atoms with van der Waals surface area (Å²) in [5, 5.41) is 33.2. The van der Waals surface area contributed by atoms with E-state index in [1.807, 2.05) is 6.07 Å². The molecule has 1 aromatic carbocycles. The van der Waals surface area contributed by atoms with Crippen molar-refractivity contribution >= 4 is 35.8 Å². The van der Waals surface area contributed by atoms with E-state index in [0.29, 0.717) is 64.5 Å². The molecule has 2 saturated heterocycles. The number of nitriles is 1. The minimum atomic E-state index is -0.974. The Bertz CT molecular complexity index is 1380. The summed E-state index contributed by atoms with van der Waals surface area (Å²) in [6.07, 6.45) is 5.57. The van der Waals surface area contributed by atoms with Crippen LogP contribution >= 0.6 is 0 Å². The highest BCUT2D eigenvalue weighted by molar-refractivity contribution is 5.94. The van der Waals surface area contributed by atoms with Crippen LogP contribution in [0.25, 0.3) is 0 Å². The Morgan fingerprint density at radius 3 is 2.12 bits per heavy atom. The molecule has 280 valence electrons. The summed E-state index contributed by atoms with van der Waals surface area (Å²) in [6, 6.07) is 4.64. The highest BCUT2D eigenvalue weighted by Gasteiger charge is 2.38. The zero-order valence-corrected chi connectivity index (χ0v) is 30.0. The topological polar surface area (TPSA) is 213 Å². The van der Waals surface area contributed by atoms with Crippen LogP contribution < -0.4 is 26.6 Å². The first-order chi connectivity index (χ1) is 24.6. The van der Waals surface area contributed by atoms with Crippen LogP contribution in [-0.4, -0.2) is 121 Å². The first-order valence-electron chi connectivity index (χ1n) is 18.0. The molecule has 0 aromatic heterocycles. The number of hydrogen-bond acceptors (Lipinski definition) is 10. The molecule has 0 saturated carbocycles. The molecular formula is C36H54N8O7. The number of phenolic OH excluding ortho intramolecular Hbond substituents is 1. The number of phenols is 1. The molecule has 51 heavy (non-hydrogen) atoms. The maximum absolute atomic E-state index is 13.7. The van der Waals surface area contributed by atoms with Crippen molar-refractivity contribution in [3.05, 3.63) is 29.8 Å². The Balaban J connectivity index is 1.51. The number of rotatable bonds is 20. The predicted molar refractivity (Wildman–Crippen MR) is 189 cm³/mol. The van der Waals surface area contributed by atoms with Gasteiger partial charge in [0, 0.05) is 26.1 Å². The lowest BCUT2D eigenvalue weighted by molar-refractivity contribution is -0.141. The second-order valence-corrected chi connectivity index (χ2v) is 13.1. The van der Waals surface area contributed by atoms with Gasteiger partial charge >= 0.3 is 0 Å². The summed E-state index contributed by atoms with van der Waals surface area (Å²) >= 11 is 0. The molecule has 1 aromatic rings. The normalized spacial score (nSPS) is 19.3. The second-order valence-electron chi connectivity index (χ2n) is 13.1. The van der Waals surface area contributed by atoms with Gasteiger partial charge in [-0.05, 0) is 96.0 Å². The first kappa shape index (κ1) is 40.9.